The molecule has 306 valence electrons. The van der Waals surface area contributed by atoms with Crippen molar-refractivity contribution in [3.8, 4) is 0 Å². The van der Waals surface area contributed by atoms with Crippen LogP contribution in [0.3, 0.4) is 0 Å². The van der Waals surface area contributed by atoms with Gasteiger partial charge in [-0.25, -0.2) is 0 Å². The summed E-state index contributed by atoms with van der Waals surface area (Å²) in [6, 6.07) is 79.9. The van der Waals surface area contributed by atoms with Gasteiger partial charge in [-0.2, -0.15) is 0 Å². The zero-order chi connectivity index (χ0) is 43.8. The quantitative estimate of drug-likeness (QED) is 0.0821. The van der Waals surface area contributed by atoms with Crippen molar-refractivity contribution in [2.75, 3.05) is 9.80 Å². The minimum Gasteiger partial charge on any atom is -0.311 e. The van der Waals surface area contributed by atoms with Crippen molar-refractivity contribution < 1.29 is 0 Å². The smallest absolute Gasteiger partial charge is 0.0684 e. The molecule has 0 aliphatic heterocycles. The highest BCUT2D eigenvalue weighted by molar-refractivity contribution is 6.13. The number of nitrogens with one attached hydrogen (secondary N) is 4. The maximum atomic E-state index is 8.90. The summed E-state index contributed by atoms with van der Waals surface area (Å²) in [5.74, 6) is 0. The predicted octanol–water partition coefficient (Wildman–Crippen LogP) is 14.3. The first-order valence-corrected chi connectivity index (χ1v) is 21.1. The zero-order valence-corrected chi connectivity index (χ0v) is 35.0. The number of hydrogen-bond acceptors (Lipinski definition) is 6. The average molecular weight is 825 g/mol. The molecule has 0 saturated heterocycles. The minimum absolute atomic E-state index is 0.460. The van der Waals surface area contributed by atoms with Crippen molar-refractivity contribution in [3.05, 3.63) is 287 Å². The lowest BCUT2D eigenvalue weighted by molar-refractivity contribution is 1.25. The number of rotatable bonds is 14. The van der Waals surface area contributed by atoms with Gasteiger partial charge in [-0.05, 0) is 95.1 Å². The number of anilines is 6. The SMILES string of the molecule is N=C(c1ccccc1)c1ccc(N(c2ccc(C(=N)c3ccccc3)cc2)c2ccc(N(c3ccc(C(=N)c4ccccc4)cc3)c3ccc(C(=N)c4ccccc4)cc3)cc2)cc1. The van der Waals surface area contributed by atoms with E-state index in [0.29, 0.717) is 22.8 Å². The first kappa shape index (κ1) is 40.7. The average Bonchev–Trinajstić information content (AvgIpc) is 3.38. The van der Waals surface area contributed by atoms with Crippen molar-refractivity contribution in [2.45, 2.75) is 0 Å². The third-order valence-electron chi connectivity index (χ3n) is 11.3. The van der Waals surface area contributed by atoms with Crippen LogP contribution in [0.5, 0.6) is 0 Å². The van der Waals surface area contributed by atoms with E-state index in [1.807, 2.05) is 170 Å². The second kappa shape index (κ2) is 18.5. The largest absolute Gasteiger partial charge is 0.311 e. The number of hydrogen-bond donors (Lipinski definition) is 4. The van der Waals surface area contributed by atoms with Crippen LogP contribution >= 0.6 is 0 Å². The van der Waals surface area contributed by atoms with E-state index in [9.17, 15) is 0 Å². The number of benzene rings is 9. The minimum atomic E-state index is 0.460. The van der Waals surface area contributed by atoms with Crippen LogP contribution in [0.25, 0.3) is 0 Å². The molecule has 0 unspecified atom stereocenters. The Bertz CT molecular complexity index is 2640. The first-order chi connectivity index (χ1) is 31.4. The molecule has 0 aromatic heterocycles. The molecular weight excluding hydrogens is 781 g/mol. The maximum absolute atomic E-state index is 8.90. The topological polar surface area (TPSA) is 102 Å². The molecule has 0 bridgehead atoms. The Morgan fingerprint density at radius 3 is 0.500 bits per heavy atom. The Labute approximate surface area is 374 Å². The van der Waals surface area contributed by atoms with Gasteiger partial charge < -0.3 is 9.80 Å². The molecule has 9 rings (SSSR count). The van der Waals surface area contributed by atoms with E-state index in [2.05, 4.69) is 82.6 Å². The Morgan fingerprint density at radius 1 is 0.188 bits per heavy atom. The third kappa shape index (κ3) is 8.71. The van der Waals surface area contributed by atoms with Gasteiger partial charge >= 0.3 is 0 Å². The zero-order valence-electron chi connectivity index (χ0n) is 35.0. The van der Waals surface area contributed by atoms with Gasteiger partial charge in [0.15, 0.2) is 0 Å². The molecule has 0 radical (unpaired) electrons. The molecule has 6 heteroatoms. The predicted molar refractivity (Wildman–Crippen MR) is 265 cm³/mol. The highest BCUT2D eigenvalue weighted by Crippen LogP contribution is 2.40. The molecule has 0 spiro atoms. The molecule has 0 aliphatic rings. The van der Waals surface area contributed by atoms with Gasteiger partial charge in [-0.15, -0.1) is 0 Å². The summed E-state index contributed by atoms with van der Waals surface area (Å²) in [7, 11) is 0. The Morgan fingerprint density at radius 2 is 0.328 bits per heavy atom. The van der Waals surface area contributed by atoms with Gasteiger partial charge in [0.25, 0.3) is 0 Å². The molecule has 0 amide bonds. The molecule has 4 N–H and O–H groups in total. The molecule has 9 aromatic rings. The highest BCUT2D eigenvalue weighted by Gasteiger charge is 2.19. The fraction of sp³-hybridized carbons (Fsp3) is 0. The van der Waals surface area contributed by atoms with Crippen LogP contribution in [0.1, 0.15) is 44.5 Å². The molecule has 64 heavy (non-hydrogen) atoms. The van der Waals surface area contributed by atoms with E-state index in [4.69, 9.17) is 21.6 Å². The van der Waals surface area contributed by atoms with Crippen molar-refractivity contribution in [1.29, 1.82) is 21.6 Å². The highest BCUT2D eigenvalue weighted by atomic mass is 15.2. The molecule has 0 fully saturated rings. The number of nitrogens with zero attached hydrogens (tertiary/aromatic N) is 2. The summed E-state index contributed by atoms with van der Waals surface area (Å²) in [5, 5.41) is 35.6. The summed E-state index contributed by atoms with van der Waals surface area (Å²) < 4.78 is 0. The Hall–Kier alpha value is -8.74. The molecule has 9 aromatic carbocycles. The summed E-state index contributed by atoms with van der Waals surface area (Å²) in [5.41, 5.74) is 14.1. The van der Waals surface area contributed by atoms with Crippen LogP contribution < -0.4 is 9.80 Å². The van der Waals surface area contributed by atoms with Crippen LogP contribution in [0, 0.1) is 21.6 Å². The van der Waals surface area contributed by atoms with Crippen LogP contribution in [0.2, 0.25) is 0 Å². The Kier molecular flexibility index (Phi) is 11.7. The van der Waals surface area contributed by atoms with Gasteiger partial charge in [0.2, 0.25) is 0 Å². The van der Waals surface area contributed by atoms with Crippen molar-refractivity contribution in [1.82, 2.24) is 0 Å². The molecule has 6 nitrogen and oxygen atoms in total. The van der Waals surface area contributed by atoms with Crippen LogP contribution in [-0.2, 0) is 0 Å². The van der Waals surface area contributed by atoms with Gasteiger partial charge in [0.05, 0.1) is 22.8 Å². The van der Waals surface area contributed by atoms with Crippen LogP contribution in [0.15, 0.2) is 243 Å². The van der Waals surface area contributed by atoms with Gasteiger partial charge in [-0.1, -0.05) is 170 Å². The Balaban J connectivity index is 1.08. The van der Waals surface area contributed by atoms with Crippen LogP contribution in [-0.4, -0.2) is 22.8 Å². The van der Waals surface area contributed by atoms with E-state index in [0.717, 1.165) is 78.6 Å². The monoisotopic (exact) mass is 824 g/mol. The van der Waals surface area contributed by atoms with Gasteiger partial charge in [-0.3, -0.25) is 21.6 Å². The lowest BCUT2D eigenvalue weighted by atomic mass is 10.0. The lowest BCUT2D eigenvalue weighted by Gasteiger charge is -2.29. The normalized spacial score (nSPS) is 10.8. The van der Waals surface area contributed by atoms with E-state index >= 15 is 0 Å². The van der Waals surface area contributed by atoms with E-state index < -0.39 is 0 Å². The van der Waals surface area contributed by atoms with Crippen LogP contribution in [0.4, 0.5) is 34.1 Å². The summed E-state index contributed by atoms with van der Waals surface area (Å²) in [4.78, 5) is 4.38. The molecule has 0 aliphatic carbocycles. The summed E-state index contributed by atoms with van der Waals surface area (Å²) in [6.45, 7) is 0. The fourth-order valence-corrected chi connectivity index (χ4v) is 7.84. The van der Waals surface area contributed by atoms with Crippen molar-refractivity contribution in [3.63, 3.8) is 0 Å². The fourth-order valence-electron chi connectivity index (χ4n) is 7.84. The third-order valence-corrected chi connectivity index (χ3v) is 11.3. The summed E-state index contributed by atoms with van der Waals surface area (Å²) >= 11 is 0. The standard InChI is InChI=1S/C58H44N6/c59-55(41-13-5-1-6-14-41)45-21-29-49(30-22-45)63(50-31-23-46(24-32-50)56(60)42-15-7-2-8-16-42)53-37-39-54(40-38-53)64(51-33-25-47(26-34-51)57(61)43-17-9-3-10-18-43)52-35-27-48(28-36-52)58(62)44-19-11-4-12-20-44/h1-40,59-62H. The second-order valence-electron chi connectivity index (χ2n) is 15.3. The molecule has 0 heterocycles. The maximum Gasteiger partial charge on any atom is 0.0684 e. The van der Waals surface area contributed by atoms with E-state index in [1.54, 1.807) is 0 Å². The van der Waals surface area contributed by atoms with Crippen molar-refractivity contribution in [2.24, 2.45) is 0 Å². The van der Waals surface area contributed by atoms with Gasteiger partial charge in [0, 0.05) is 56.4 Å². The first-order valence-electron chi connectivity index (χ1n) is 21.1. The van der Waals surface area contributed by atoms with E-state index in [1.165, 1.54) is 0 Å². The molecule has 0 saturated carbocycles. The van der Waals surface area contributed by atoms with Crippen molar-refractivity contribution >= 4 is 57.0 Å². The van der Waals surface area contributed by atoms with E-state index in [-0.39, 0.29) is 0 Å². The molecular formula is C58H44N6. The van der Waals surface area contributed by atoms with Gasteiger partial charge in [0.1, 0.15) is 0 Å². The lowest BCUT2D eigenvalue weighted by Crippen LogP contribution is -2.13. The summed E-state index contributed by atoms with van der Waals surface area (Å²) in [6.07, 6.45) is 0. The molecule has 0 atom stereocenters. The second-order valence-corrected chi connectivity index (χ2v) is 15.3.